The van der Waals surface area contributed by atoms with Crippen LogP contribution in [0.5, 0.6) is 5.75 Å². The molecule has 0 spiro atoms. The van der Waals surface area contributed by atoms with Gasteiger partial charge in [0, 0.05) is 18.0 Å². The van der Waals surface area contributed by atoms with E-state index in [2.05, 4.69) is 15.3 Å². The van der Waals surface area contributed by atoms with Crippen LogP contribution in [0, 0.1) is 0 Å². The van der Waals surface area contributed by atoms with E-state index in [-0.39, 0.29) is 0 Å². The quantitative estimate of drug-likeness (QED) is 0.822. The smallest absolute Gasteiger partial charge is 0.229 e. The van der Waals surface area contributed by atoms with Gasteiger partial charge in [-0.1, -0.05) is 17.2 Å². The molecular formula is C15H17ClN4O. The number of hydrogen-bond acceptors (Lipinski definition) is 5. The molecule has 21 heavy (non-hydrogen) atoms. The number of nitrogens with two attached hydrogens (primary N) is 1. The van der Waals surface area contributed by atoms with E-state index in [1.54, 1.807) is 24.4 Å². The first-order valence-electron chi connectivity index (χ1n) is 6.46. The fraction of sp³-hybridized carbons (Fsp3) is 0.200. The molecule has 3 N–H and O–H groups in total. The van der Waals surface area contributed by atoms with Gasteiger partial charge in [0.1, 0.15) is 18.2 Å². The molecule has 0 atom stereocenters. The highest BCUT2D eigenvalue weighted by atomic mass is 35.5. The highest BCUT2D eigenvalue weighted by molar-refractivity contribution is 6.32. The van der Waals surface area contributed by atoms with Crippen molar-refractivity contribution in [3.63, 3.8) is 0 Å². The lowest BCUT2D eigenvalue weighted by atomic mass is 10.3. The summed E-state index contributed by atoms with van der Waals surface area (Å²) in [5.41, 5.74) is 7.58. The third-order valence-electron chi connectivity index (χ3n) is 2.59. The highest BCUT2D eigenvalue weighted by Gasteiger charge is 2.04. The van der Waals surface area contributed by atoms with Gasteiger partial charge in [-0.3, -0.25) is 0 Å². The third kappa shape index (κ3) is 4.65. The summed E-state index contributed by atoms with van der Waals surface area (Å²) >= 11 is 6.12. The fourth-order valence-electron chi connectivity index (χ4n) is 1.55. The average molecular weight is 305 g/mol. The molecule has 0 saturated heterocycles. The summed E-state index contributed by atoms with van der Waals surface area (Å²) in [5.74, 6) is 1.43. The number of nitrogen functional groups attached to an aromatic ring is 1. The number of halogens is 1. The maximum Gasteiger partial charge on any atom is 0.229 e. The van der Waals surface area contributed by atoms with Crippen LogP contribution in [0.1, 0.15) is 13.8 Å². The molecule has 2 aromatic rings. The van der Waals surface area contributed by atoms with Crippen molar-refractivity contribution in [2.24, 2.45) is 0 Å². The fourth-order valence-corrected chi connectivity index (χ4v) is 1.72. The van der Waals surface area contributed by atoms with Crippen LogP contribution in [0.4, 0.5) is 17.5 Å². The van der Waals surface area contributed by atoms with Crippen molar-refractivity contribution in [1.82, 2.24) is 9.97 Å². The van der Waals surface area contributed by atoms with Gasteiger partial charge in [0.05, 0.1) is 5.02 Å². The standard InChI is InChI=1S/C15H17ClN4O/c1-10(2)6-8-21-13-9-11(3-4-12(13)16)19-15-18-7-5-14(17)20-15/h3-7,9H,8H2,1-2H3,(H3,17,18,19,20). The Hall–Kier alpha value is -2.27. The number of anilines is 3. The molecule has 0 saturated carbocycles. The van der Waals surface area contributed by atoms with Gasteiger partial charge < -0.3 is 15.8 Å². The van der Waals surface area contributed by atoms with Gasteiger partial charge in [-0.05, 0) is 38.1 Å². The van der Waals surface area contributed by atoms with Crippen molar-refractivity contribution in [3.8, 4) is 5.75 Å². The summed E-state index contributed by atoms with van der Waals surface area (Å²) in [6, 6.07) is 7.01. The summed E-state index contributed by atoms with van der Waals surface area (Å²) in [6.45, 7) is 4.50. The van der Waals surface area contributed by atoms with E-state index in [0.29, 0.717) is 29.1 Å². The van der Waals surface area contributed by atoms with Crippen LogP contribution < -0.4 is 15.8 Å². The van der Waals surface area contributed by atoms with Crippen LogP contribution in [0.3, 0.4) is 0 Å². The van der Waals surface area contributed by atoms with Crippen LogP contribution in [0.15, 0.2) is 42.1 Å². The van der Waals surface area contributed by atoms with Crippen LogP contribution >= 0.6 is 11.6 Å². The maximum atomic E-state index is 6.12. The Kier molecular flexibility index (Phi) is 5.00. The lowest BCUT2D eigenvalue weighted by Crippen LogP contribution is -2.00. The van der Waals surface area contributed by atoms with Crippen molar-refractivity contribution in [3.05, 3.63) is 47.1 Å². The van der Waals surface area contributed by atoms with Crippen LogP contribution in [0.25, 0.3) is 0 Å². The van der Waals surface area contributed by atoms with Crippen molar-refractivity contribution in [2.45, 2.75) is 13.8 Å². The molecular weight excluding hydrogens is 288 g/mol. The molecule has 0 aliphatic heterocycles. The van der Waals surface area contributed by atoms with E-state index in [1.807, 2.05) is 26.0 Å². The minimum Gasteiger partial charge on any atom is -0.488 e. The number of nitrogens with one attached hydrogen (secondary N) is 1. The van der Waals surface area contributed by atoms with E-state index in [9.17, 15) is 0 Å². The van der Waals surface area contributed by atoms with Gasteiger partial charge in [0.2, 0.25) is 5.95 Å². The molecule has 1 aromatic carbocycles. The Bertz CT molecular complexity index is 654. The van der Waals surface area contributed by atoms with Crippen molar-refractivity contribution in [2.75, 3.05) is 17.7 Å². The first-order valence-corrected chi connectivity index (χ1v) is 6.83. The minimum absolute atomic E-state index is 0.404. The zero-order valence-corrected chi connectivity index (χ0v) is 12.7. The molecule has 110 valence electrons. The van der Waals surface area contributed by atoms with Crippen molar-refractivity contribution < 1.29 is 4.74 Å². The number of nitrogens with zero attached hydrogens (tertiary/aromatic N) is 2. The second-order valence-corrected chi connectivity index (χ2v) is 5.07. The molecule has 0 unspecified atom stereocenters. The van der Waals surface area contributed by atoms with E-state index in [1.165, 1.54) is 5.57 Å². The monoisotopic (exact) mass is 304 g/mol. The number of hydrogen-bond donors (Lipinski definition) is 2. The summed E-state index contributed by atoms with van der Waals surface area (Å²) < 4.78 is 5.64. The van der Waals surface area contributed by atoms with E-state index >= 15 is 0 Å². The lowest BCUT2D eigenvalue weighted by molar-refractivity contribution is 0.362. The Morgan fingerprint density at radius 1 is 1.38 bits per heavy atom. The molecule has 2 rings (SSSR count). The van der Waals surface area contributed by atoms with E-state index < -0.39 is 0 Å². The topological polar surface area (TPSA) is 73.1 Å². The first kappa shape index (κ1) is 15.1. The van der Waals surface area contributed by atoms with Gasteiger partial charge >= 0.3 is 0 Å². The van der Waals surface area contributed by atoms with Gasteiger partial charge in [0.25, 0.3) is 0 Å². The second kappa shape index (κ2) is 6.95. The van der Waals surface area contributed by atoms with Crippen molar-refractivity contribution >= 4 is 29.1 Å². The van der Waals surface area contributed by atoms with Gasteiger partial charge in [0.15, 0.2) is 0 Å². The summed E-state index contributed by atoms with van der Waals surface area (Å²) in [5, 5.41) is 3.61. The molecule has 1 heterocycles. The number of aromatic nitrogens is 2. The molecule has 0 amide bonds. The molecule has 0 radical (unpaired) electrons. The zero-order chi connectivity index (χ0) is 15.2. The molecule has 0 bridgehead atoms. The molecule has 6 heteroatoms. The average Bonchev–Trinajstić information content (AvgIpc) is 2.42. The number of benzene rings is 1. The maximum absolute atomic E-state index is 6.12. The predicted molar refractivity (Wildman–Crippen MR) is 86.1 cm³/mol. The van der Waals surface area contributed by atoms with Gasteiger partial charge in [-0.2, -0.15) is 4.98 Å². The number of rotatable bonds is 5. The molecule has 0 aliphatic rings. The molecule has 5 nitrogen and oxygen atoms in total. The second-order valence-electron chi connectivity index (χ2n) is 4.67. The summed E-state index contributed by atoms with van der Waals surface area (Å²) in [7, 11) is 0. The number of allylic oxidation sites excluding steroid dienone is 1. The number of ether oxygens (including phenoxy) is 1. The predicted octanol–water partition coefficient (Wildman–Crippen LogP) is 3.80. The Balaban J connectivity index is 2.12. The zero-order valence-electron chi connectivity index (χ0n) is 11.9. The molecule has 1 aromatic heterocycles. The minimum atomic E-state index is 0.404. The van der Waals surface area contributed by atoms with Crippen molar-refractivity contribution in [1.29, 1.82) is 0 Å². The summed E-state index contributed by atoms with van der Waals surface area (Å²) in [4.78, 5) is 8.16. The SMILES string of the molecule is CC(C)=CCOc1cc(Nc2nccc(N)n2)ccc1Cl. The molecule has 0 fully saturated rings. The van der Waals surface area contributed by atoms with Crippen LogP contribution in [-0.4, -0.2) is 16.6 Å². The lowest BCUT2D eigenvalue weighted by Gasteiger charge is -2.10. The Morgan fingerprint density at radius 2 is 2.19 bits per heavy atom. The van der Waals surface area contributed by atoms with E-state index in [4.69, 9.17) is 22.1 Å². The largest absolute Gasteiger partial charge is 0.488 e. The Morgan fingerprint density at radius 3 is 2.90 bits per heavy atom. The Labute approximate surface area is 128 Å². The third-order valence-corrected chi connectivity index (χ3v) is 2.91. The highest BCUT2D eigenvalue weighted by Crippen LogP contribution is 2.29. The normalized spacial score (nSPS) is 10.0. The van der Waals surface area contributed by atoms with Crippen LogP contribution in [0.2, 0.25) is 5.02 Å². The summed E-state index contributed by atoms with van der Waals surface area (Å²) in [6.07, 6.45) is 3.57. The molecule has 0 aliphatic carbocycles. The van der Waals surface area contributed by atoms with Gasteiger partial charge in [-0.15, -0.1) is 0 Å². The van der Waals surface area contributed by atoms with Gasteiger partial charge in [-0.25, -0.2) is 4.98 Å². The van der Waals surface area contributed by atoms with E-state index in [0.717, 1.165) is 5.69 Å². The van der Waals surface area contributed by atoms with Crippen LogP contribution in [-0.2, 0) is 0 Å². The first-order chi connectivity index (χ1) is 10.0.